The third-order valence-electron chi connectivity index (χ3n) is 1.69. The number of nitrogens with two attached hydrogens (primary N) is 1. The Labute approximate surface area is 78.9 Å². The van der Waals surface area contributed by atoms with Crippen LogP contribution in [-0.4, -0.2) is 42.8 Å². The Morgan fingerprint density at radius 3 is 2.62 bits per heavy atom. The molecular formula is C8H19N3O2. The van der Waals surface area contributed by atoms with Crippen molar-refractivity contribution >= 4 is 5.97 Å². The second-order valence-corrected chi connectivity index (χ2v) is 3.24. The monoisotopic (exact) mass is 189 g/mol. The number of nitrogens with one attached hydrogen (secondary N) is 1. The number of aliphatic carboxylic acids is 1. The van der Waals surface area contributed by atoms with Crippen LogP contribution in [0.3, 0.4) is 0 Å². The summed E-state index contributed by atoms with van der Waals surface area (Å²) >= 11 is 0. The Morgan fingerprint density at radius 1 is 1.54 bits per heavy atom. The number of hydrogen-bond acceptors (Lipinski definition) is 4. The fraction of sp³-hybridized carbons (Fsp3) is 0.875. The topological polar surface area (TPSA) is 78.6 Å². The van der Waals surface area contributed by atoms with E-state index in [-0.39, 0.29) is 0 Å². The first kappa shape index (κ1) is 12.3. The van der Waals surface area contributed by atoms with Gasteiger partial charge in [-0.3, -0.25) is 15.2 Å². The maximum atomic E-state index is 10.3. The van der Waals surface area contributed by atoms with Gasteiger partial charge >= 0.3 is 5.97 Å². The molecule has 0 rings (SSSR count). The summed E-state index contributed by atoms with van der Waals surface area (Å²) in [6, 6.07) is -0.709. The highest BCUT2D eigenvalue weighted by Crippen LogP contribution is 1.97. The van der Waals surface area contributed by atoms with Crippen molar-refractivity contribution in [2.24, 2.45) is 5.73 Å². The molecule has 0 aliphatic heterocycles. The molecular weight excluding hydrogens is 170 g/mol. The first-order chi connectivity index (χ1) is 6.04. The van der Waals surface area contributed by atoms with E-state index in [4.69, 9.17) is 10.8 Å². The van der Waals surface area contributed by atoms with Crippen LogP contribution in [-0.2, 0) is 4.79 Å². The van der Waals surface area contributed by atoms with Crippen LogP contribution >= 0.6 is 0 Å². The molecule has 0 aromatic rings. The summed E-state index contributed by atoms with van der Waals surface area (Å²) in [6.07, 6.45) is 2.33. The van der Waals surface area contributed by atoms with E-state index in [0.29, 0.717) is 6.42 Å². The Morgan fingerprint density at radius 2 is 2.15 bits per heavy atom. The van der Waals surface area contributed by atoms with E-state index in [1.54, 1.807) is 0 Å². The van der Waals surface area contributed by atoms with Gasteiger partial charge in [0.15, 0.2) is 0 Å². The predicted molar refractivity (Wildman–Crippen MR) is 51.2 cm³/mol. The standard InChI is InChI=1S/C8H19N3O2/c1-11(2)10-6-4-3-5-7(9)8(12)13/h7,10H,3-6,9H2,1-2H3,(H,12,13)/t7-/m0/s1. The fourth-order valence-corrected chi connectivity index (χ4v) is 0.915. The van der Waals surface area contributed by atoms with Crippen molar-refractivity contribution < 1.29 is 9.90 Å². The van der Waals surface area contributed by atoms with Gasteiger partial charge in [0.1, 0.15) is 6.04 Å². The highest BCUT2D eigenvalue weighted by Gasteiger charge is 2.09. The molecule has 0 heterocycles. The first-order valence-corrected chi connectivity index (χ1v) is 4.43. The molecule has 0 amide bonds. The highest BCUT2D eigenvalue weighted by atomic mass is 16.4. The van der Waals surface area contributed by atoms with Crippen LogP contribution in [0, 0.1) is 0 Å². The molecule has 78 valence electrons. The van der Waals surface area contributed by atoms with Crippen LogP contribution in [0.25, 0.3) is 0 Å². The van der Waals surface area contributed by atoms with Crippen molar-refractivity contribution in [1.29, 1.82) is 0 Å². The first-order valence-electron chi connectivity index (χ1n) is 4.43. The van der Waals surface area contributed by atoms with Crippen LogP contribution < -0.4 is 11.2 Å². The fourth-order valence-electron chi connectivity index (χ4n) is 0.915. The Balaban J connectivity index is 3.21. The molecule has 0 saturated heterocycles. The number of carboxylic acids is 1. The number of rotatable bonds is 7. The molecule has 0 radical (unpaired) electrons. The molecule has 4 N–H and O–H groups in total. The van der Waals surface area contributed by atoms with Gasteiger partial charge in [-0.1, -0.05) is 0 Å². The van der Waals surface area contributed by atoms with Crippen molar-refractivity contribution in [3.05, 3.63) is 0 Å². The summed E-state index contributed by atoms with van der Waals surface area (Å²) in [4.78, 5) is 10.3. The van der Waals surface area contributed by atoms with Crippen LogP contribution in [0.4, 0.5) is 0 Å². The summed E-state index contributed by atoms with van der Waals surface area (Å²) in [7, 11) is 3.84. The molecule has 0 aliphatic carbocycles. The van der Waals surface area contributed by atoms with Gasteiger partial charge in [0, 0.05) is 20.6 Å². The van der Waals surface area contributed by atoms with Crippen molar-refractivity contribution in [1.82, 2.24) is 10.4 Å². The van der Waals surface area contributed by atoms with E-state index in [0.717, 1.165) is 19.4 Å². The molecule has 5 heteroatoms. The van der Waals surface area contributed by atoms with E-state index >= 15 is 0 Å². The average Bonchev–Trinajstić information content (AvgIpc) is 2.02. The van der Waals surface area contributed by atoms with Crippen LogP contribution in [0.1, 0.15) is 19.3 Å². The second kappa shape index (κ2) is 6.82. The molecule has 0 aromatic carbocycles. The van der Waals surface area contributed by atoms with Gasteiger partial charge in [0.25, 0.3) is 0 Å². The van der Waals surface area contributed by atoms with Crippen LogP contribution in [0.5, 0.6) is 0 Å². The Kier molecular flexibility index (Phi) is 6.48. The molecule has 0 unspecified atom stereocenters. The molecule has 0 fully saturated rings. The lowest BCUT2D eigenvalue weighted by molar-refractivity contribution is -0.138. The van der Waals surface area contributed by atoms with E-state index in [1.807, 2.05) is 19.1 Å². The molecule has 13 heavy (non-hydrogen) atoms. The molecule has 0 bridgehead atoms. The highest BCUT2D eigenvalue weighted by molar-refractivity contribution is 5.72. The van der Waals surface area contributed by atoms with E-state index in [2.05, 4.69) is 5.43 Å². The normalized spacial score (nSPS) is 13.2. The smallest absolute Gasteiger partial charge is 0.320 e. The minimum absolute atomic E-state index is 0.546. The maximum Gasteiger partial charge on any atom is 0.320 e. The predicted octanol–water partition coefficient (Wildman–Crippen LogP) is -0.365. The second-order valence-electron chi connectivity index (χ2n) is 3.24. The Hall–Kier alpha value is -0.650. The molecule has 0 spiro atoms. The summed E-state index contributed by atoms with van der Waals surface area (Å²) < 4.78 is 0. The van der Waals surface area contributed by atoms with Crippen molar-refractivity contribution in [2.75, 3.05) is 20.6 Å². The average molecular weight is 189 g/mol. The molecule has 5 nitrogen and oxygen atoms in total. The lowest BCUT2D eigenvalue weighted by Gasteiger charge is -2.11. The lowest BCUT2D eigenvalue weighted by atomic mass is 10.1. The van der Waals surface area contributed by atoms with Crippen LogP contribution in [0.15, 0.2) is 0 Å². The Bertz CT molecular complexity index is 150. The number of carbonyl (C=O) groups is 1. The van der Waals surface area contributed by atoms with Gasteiger partial charge in [0.2, 0.25) is 0 Å². The minimum atomic E-state index is -0.916. The molecule has 0 aromatic heterocycles. The van der Waals surface area contributed by atoms with Gasteiger partial charge in [-0.05, 0) is 19.3 Å². The zero-order chi connectivity index (χ0) is 10.3. The lowest BCUT2D eigenvalue weighted by Crippen LogP contribution is -2.32. The minimum Gasteiger partial charge on any atom is -0.480 e. The van der Waals surface area contributed by atoms with E-state index < -0.39 is 12.0 Å². The van der Waals surface area contributed by atoms with Gasteiger partial charge in [-0.2, -0.15) is 0 Å². The molecule has 0 aliphatic rings. The van der Waals surface area contributed by atoms with Gasteiger partial charge in [-0.25, -0.2) is 0 Å². The number of nitrogens with zero attached hydrogens (tertiary/aromatic N) is 1. The van der Waals surface area contributed by atoms with E-state index in [9.17, 15) is 4.79 Å². The summed E-state index contributed by atoms with van der Waals surface area (Å²) in [6.45, 7) is 0.860. The van der Waals surface area contributed by atoms with Gasteiger partial charge < -0.3 is 10.8 Å². The third kappa shape index (κ3) is 7.70. The number of carboxylic acid groups (broad SMARTS) is 1. The number of unbranched alkanes of at least 4 members (excludes halogenated alkanes) is 1. The largest absolute Gasteiger partial charge is 0.480 e. The van der Waals surface area contributed by atoms with Crippen molar-refractivity contribution in [2.45, 2.75) is 25.3 Å². The van der Waals surface area contributed by atoms with E-state index in [1.165, 1.54) is 0 Å². The number of hydrogen-bond donors (Lipinski definition) is 3. The zero-order valence-corrected chi connectivity index (χ0v) is 8.29. The number of hydrazine groups is 1. The van der Waals surface area contributed by atoms with Gasteiger partial charge in [0.05, 0.1) is 0 Å². The SMILES string of the molecule is CN(C)NCCCC[C@H](N)C(=O)O. The van der Waals surface area contributed by atoms with Gasteiger partial charge in [-0.15, -0.1) is 0 Å². The zero-order valence-electron chi connectivity index (χ0n) is 8.29. The quantitative estimate of drug-likeness (QED) is 0.376. The summed E-state index contributed by atoms with van der Waals surface area (Å²) in [5.74, 6) is -0.916. The molecule has 1 atom stereocenters. The summed E-state index contributed by atoms with van der Waals surface area (Å²) in [5.41, 5.74) is 8.42. The molecule has 0 saturated carbocycles. The summed E-state index contributed by atoms with van der Waals surface area (Å²) in [5, 5.41) is 10.4. The van der Waals surface area contributed by atoms with Crippen molar-refractivity contribution in [3.63, 3.8) is 0 Å². The third-order valence-corrected chi connectivity index (χ3v) is 1.69. The van der Waals surface area contributed by atoms with Crippen LogP contribution in [0.2, 0.25) is 0 Å². The maximum absolute atomic E-state index is 10.3. The van der Waals surface area contributed by atoms with Crippen molar-refractivity contribution in [3.8, 4) is 0 Å².